The van der Waals surface area contributed by atoms with Gasteiger partial charge in [-0.05, 0) is 18.8 Å². The van der Waals surface area contributed by atoms with Crippen LogP contribution in [0.2, 0.25) is 0 Å². The highest BCUT2D eigenvalue weighted by Gasteiger charge is 2.60. The first-order valence-corrected chi connectivity index (χ1v) is 3.69. The second kappa shape index (κ2) is 1.52. The van der Waals surface area contributed by atoms with Crippen molar-refractivity contribution in [2.75, 3.05) is 0 Å². The molecule has 0 unspecified atom stereocenters. The fraction of sp³-hybridized carbons (Fsp3) is 1.00. The third-order valence-corrected chi connectivity index (χ3v) is 2.57. The van der Waals surface area contributed by atoms with Gasteiger partial charge in [0.15, 0.2) is 0 Å². The maximum atomic E-state index is 12.3. The summed E-state index contributed by atoms with van der Waals surface area (Å²) in [5, 5.41) is 0. The summed E-state index contributed by atoms with van der Waals surface area (Å²) in [6, 6.07) is 0. The lowest BCUT2D eigenvalue weighted by Crippen LogP contribution is -2.59. The summed E-state index contributed by atoms with van der Waals surface area (Å²) in [7, 11) is 0. The van der Waals surface area contributed by atoms with Crippen molar-refractivity contribution in [1.82, 2.24) is 0 Å². The van der Waals surface area contributed by atoms with E-state index in [1.165, 1.54) is 0 Å². The van der Waals surface area contributed by atoms with Gasteiger partial charge in [-0.2, -0.15) is 0 Å². The van der Waals surface area contributed by atoms with E-state index in [0.29, 0.717) is 5.92 Å². The van der Waals surface area contributed by atoms with E-state index in [9.17, 15) is 8.78 Å². The predicted molar refractivity (Wildman–Crippen MR) is 33.8 cm³/mol. The molecule has 0 bridgehead atoms. The minimum Gasteiger partial charge on any atom is -0.324 e. The van der Waals surface area contributed by atoms with E-state index >= 15 is 0 Å². The van der Waals surface area contributed by atoms with Crippen molar-refractivity contribution in [3.8, 4) is 0 Å². The zero-order chi connectivity index (χ0) is 7.41. The normalized spacial score (nSPS) is 35.1. The van der Waals surface area contributed by atoms with Gasteiger partial charge in [-0.3, -0.25) is 0 Å². The van der Waals surface area contributed by atoms with Gasteiger partial charge in [-0.1, -0.05) is 0 Å². The summed E-state index contributed by atoms with van der Waals surface area (Å²) in [5.41, 5.74) is 5.22. The lowest BCUT2D eigenvalue weighted by molar-refractivity contribution is -0.128. The van der Waals surface area contributed by atoms with Crippen LogP contribution in [0.3, 0.4) is 0 Å². The molecule has 0 radical (unpaired) electrons. The molecular weight excluding hydrogens is 136 g/mol. The lowest BCUT2D eigenvalue weighted by atomic mass is 9.71. The third kappa shape index (κ3) is 0.839. The van der Waals surface area contributed by atoms with E-state index in [2.05, 4.69) is 0 Å². The summed E-state index contributed by atoms with van der Waals surface area (Å²) < 4.78 is 24.7. The molecule has 2 N–H and O–H groups in total. The number of hydrogen-bond acceptors (Lipinski definition) is 1. The molecule has 58 valence electrons. The standard InChI is InChI=1S/C7H11F2N/c8-7(9)3-6(10,4-7)5-1-2-5/h5H,1-4,10H2. The van der Waals surface area contributed by atoms with E-state index in [0.717, 1.165) is 12.8 Å². The molecule has 0 aromatic carbocycles. The smallest absolute Gasteiger partial charge is 0.251 e. The van der Waals surface area contributed by atoms with Crippen molar-refractivity contribution in [1.29, 1.82) is 0 Å². The van der Waals surface area contributed by atoms with E-state index in [4.69, 9.17) is 5.73 Å². The highest BCUT2D eigenvalue weighted by Crippen LogP contribution is 2.54. The molecule has 0 atom stereocenters. The number of alkyl halides is 2. The van der Waals surface area contributed by atoms with Gasteiger partial charge in [0.1, 0.15) is 0 Å². The zero-order valence-electron chi connectivity index (χ0n) is 5.74. The van der Waals surface area contributed by atoms with E-state index in [1.807, 2.05) is 0 Å². The van der Waals surface area contributed by atoms with Gasteiger partial charge in [0, 0.05) is 18.4 Å². The molecule has 0 aromatic rings. The summed E-state index contributed by atoms with van der Waals surface area (Å²) in [6.45, 7) is 0. The Balaban J connectivity index is 1.97. The second-order valence-corrected chi connectivity index (χ2v) is 3.72. The van der Waals surface area contributed by atoms with Crippen LogP contribution in [0.5, 0.6) is 0 Å². The van der Waals surface area contributed by atoms with Crippen LogP contribution >= 0.6 is 0 Å². The molecular formula is C7H11F2N. The molecule has 2 aliphatic rings. The van der Waals surface area contributed by atoms with Gasteiger partial charge in [-0.15, -0.1) is 0 Å². The summed E-state index contributed by atoms with van der Waals surface area (Å²) in [6.07, 6.45) is 1.97. The van der Waals surface area contributed by atoms with Gasteiger partial charge in [-0.25, -0.2) is 8.78 Å². The molecule has 2 rings (SSSR count). The maximum absolute atomic E-state index is 12.3. The Bertz CT molecular complexity index is 155. The van der Waals surface area contributed by atoms with Crippen LogP contribution in [0.1, 0.15) is 25.7 Å². The molecule has 3 heteroatoms. The Kier molecular flexibility index (Phi) is 0.994. The van der Waals surface area contributed by atoms with Crippen molar-refractivity contribution in [3.05, 3.63) is 0 Å². The van der Waals surface area contributed by atoms with Crippen LogP contribution in [0.25, 0.3) is 0 Å². The molecule has 2 saturated carbocycles. The first-order chi connectivity index (χ1) is 4.52. The van der Waals surface area contributed by atoms with Crippen molar-refractivity contribution in [2.24, 2.45) is 11.7 Å². The van der Waals surface area contributed by atoms with Crippen LogP contribution in [0.15, 0.2) is 0 Å². The lowest BCUT2D eigenvalue weighted by Gasteiger charge is -2.45. The number of hydrogen-bond donors (Lipinski definition) is 1. The first-order valence-electron chi connectivity index (χ1n) is 3.69. The van der Waals surface area contributed by atoms with Crippen LogP contribution < -0.4 is 5.73 Å². The third-order valence-electron chi connectivity index (χ3n) is 2.57. The molecule has 10 heavy (non-hydrogen) atoms. The van der Waals surface area contributed by atoms with Crippen LogP contribution in [0, 0.1) is 5.92 Å². The average Bonchev–Trinajstić information content (AvgIpc) is 2.34. The molecule has 2 aliphatic carbocycles. The monoisotopic (exact) mass is 147 g/mol. The van der Waals surface area contributed by atoms with E-state index in [-0.39, 0.29) is 12.8 Å². The molecule has 0 aliphatic heterocycles. The number of rotatable bonds is 1. The minimum atomic E-state index is -2.45. The van der Waals surface area contributed by atoms with Crippen LogP contribution in [-0.2, 0) is 0 Å². The Morgan fingerprint density at radius 3 is 2.00 bits per heavy atom. The average molecular weight is 147 g/mol. The highest BCUT2D eigenvalue weighted by atomic mass is 19.3. The highest BCUT2D eigenvalue weighted by molar-refractivity contribution is 5.10. The molecule has 1 nitrogen and oxygen atoms in total. The minimum absolute atomic E-state index is 0.0787. The fourth-order valence-corrected chi connectivity index (χ4v) is 1.86. The van der Waals surface area contributed by atoms with Gasteiger partial charge >= 0.3 is 0 Å². The molecule has 0 spiro atoms. The summed E-state index contributed by atoms with van der Waals surface area (Å²) >= 11 is 0. The Morgan fingerprint density at radius 1 is 1.20 bits per heavy atom. The molecule has 2 fully saturated rings. The van der Waals surface area contributed by atoms with Crippen molar-refractivity contribution in [2.45, 2.75) is 37.1 Å². The van der Waals surface area contributed by atoms with Gasteiger partial charge in [0.05, 0.1) is 0 Å². The Morgan fingerprint density at radius 2 is 1.70 bits per heavy atom. The summed E-state index contributed by atoms with van der Waals surface area (Å²) in [5.74, 6) is -2.04. The molecule has 0 aromatic heterocycles. The molecule has 0 heterocycles. The SMILES string of the molecule is NC1(C2CC2)CC(F)(F)C1. The van der Waals surface area contributed by atoms with Gasteiger partial charge in [0.25, 0.3) is 5.92 Å². The Labute approximate surface area is 58.6 Å². The van der Waals surface area contributed by atoms with Gasteiger partial charge < -0.3 is 5.73 Å². The van der Waals surface area contributed by atoms with Crippen molar-refractivity contribution in [3.63, 3.8) is 0 Å². The fourth-order valence-electron chi connectivity index (χ4n) is 1.86. The second-order valence-electron chi connectivity index (χ2n) is 3.72. The predicted octanol–water partition coefficient (Wildman–Crippen LogP) is 1.52. The number of nitrogens with two attached hydrogens (primary N) is 1. The number of halogens is 2. The maximum Gasteiger partial charge on any atom is 0.251 e. The van der Waals surface area contributed by atoms with Crippen molar-refractivity contribution >= 4 is 0 Å². The van der Waals surface area contributed by atoms with Crippen LogP contribution in [0.4, 0.5) is 8.78 Å². The zero-order valence-corrected chi connectivity index (χ0v) is 5.74. The largest absolute Gasteiger partial charge is 0.324 e. The van der Waals surface area contributed by atoms with E-state index in [1.54, 1.807) is 0 Å². The topological polar surface area (TPSA) is 26.0 Å². The summed E-state index contributed by atoms with van der Waals surface area (Å²) in [4.78, 5) is 0. The van der Waals surface area contributed by atoms with Gasteiger partial charge in [0.2, 0.25) is 0 Å². The molecule has 0 saturated heterocycles. The van der Waals surface area contributed by atoms with Crippen molar-refractivity contribution < 1.29 is 8.78 Å². The molecule has 0 amide bonds. The quantitative estimate of drug-likeness (QED) is 0.598. The first kappa shape index (κ1) is 6.53. The Hall–Kier alpha value is -0.180. The van der Waals surface area contributed by atoms with Crippen LogP contribution in [-0.4, -0.2) is 11.5 Å². The van der Waals surface area contributed by atoms with E-state index < -0.39 is 11.5 Å².